The van der Waals surface area contributed by atoms with E-state index in [2.05, 4.69) is 4.98 Å². The molecule has 6 heteroatoms. The van der Waals surface area contributed by atoms with Gasteiger partial charge in [0.05, 0.1) is 15.4 Å². The standard InChI is InChI=1S/C10H9Cl3N2O/c1-5-7(12)3-14-10(9(5)13)15-4-6(11)2-8(15)16/h3,6H,2,4H2,1H3. The van der Waals surface area contributed by atoms with E-state index in [0.717, 1.165) is 5.56 Å². The highest BCUT2D eigenvalue weighted by Crippen LogP contribution is 2.33. The van der Waals surface area contributed by atoms with Gasteiger partial charge in [0.1, 0.15) is 0 Å². The summed E-state index contributed by atoms with van der Waals surface area (Å²) in [7, 11) is 0. The Balaban J connectivity index is 2.42. The summed E-state index contributed by atoms with van der Waals surface area (Å²) in [6, 6.07) is 0. The molecule has 16 heavy (non-hydrogen) atoms. The fraction of sp³-hybridized carbons (Fsp3) is 0.400. The second kappa shape index (κ2) is 4.40. The highest BCUT2D eigenvalue weighted by molar-refractivity contribution is 6.37. The fourth-order valence-corrected chi connectivity index (χ4v) is 2.32. The number of pyridine rings is 1. The lowest BCUT2D eigenvalue weighted by Crippen LogP contribution is -2.26. The van der Waals surface area contributed by atoms with E-state index in [1.807, 2.05) is 0 Å². The van der Waals surface area contributed by atoms with Crippen LogP contribution in [0.15, 0.2) is 6.20 Å². The molecule has 2 rings (SSSR count). The van der Waals surface area contributed by atoms with Crippen LogP contribution in [0.25, 0.3) is 0 Å². The van der Waals surface area contributed by atoms with Gasteiger partial charge in [0.15, 0.2) is 5.82 Å². The predicted octanol–water partition coefficient (Wildman–Crippen LogP) is 3.04. The minimum Gasteiger partial charge on any atom is -0.294 e. The molecule has 1 aromatic heterocycles. The van der Waals surface area contributed by atoms with E-state index in [4.69, 9.17) is 34.8 Å². The van der Waals surface area contributed by atoms with Crippen molar-refractivity contribution in [3.05, 3.63) is 21.8 Å². The molecule has 1 aliphatic heterocycles. The van der Waals surface area contributed by atoms with Crippen molar-refractivity contribution >= 4 is 46.5 Å². The van der Waals surface area contributed by atoms with Crippen molar-refractivity contribution in [2.45, 2.75) is 18.7 Å². The van der Waals surface area contributed by atoms with Gasteiger partial charge in [-0.25, -0.2) is 4.98 Å². The Hall–Kier alpha value is -0.510. The first kappa shape index (κ1) is 12.0. The molecule has 0 aliphatic carbocycles. The summed E-state index contributed by atoms with van der Waals surface area (Å²) in [4.78, 5) is 17.2. The number of anilines is 1. The molecule has 0 spiro atoms. The molecule has 0 N–H and O–H groups in total. The van der Waals surface area contributed by atoms with Crippen molar-refractivity contribution in [2.75, 3.05) is 11.4 Å². The highest BCUT2D eigenvalue weighted by Gasteiger charge is 2.31. The number of halogens is 3. The average Bonchev–Trinajstić information content (AvgIpc) is 2.55. The predicted molar refractivity (Wildman–Crippen MR) is 65.6 cm³/mol. The van der Waals surface area contributed by atoms with Crippen LogP contribution in [0.5, 0.6) is 0 Å². The first-order valence-electron chi connectivity index (χ1n) is 4.75. The van der Waals surface area contributed by atoms with Gasteiger partial charge in [0, 0.05) is 19.2 Å². The maximum atomic E-state index is 11.6. The first-order valence-corrected chi connectivity index (χ1v) is 5.95. The van der Waals surface area contributed by atoms with Gasteiger partial charge in [-0.2, -0.15) is 0 Å². The summed E-state index contributed by atoms with van der Waals surface area (Å²) in [6.45, 7) is 2.22. The Morgan fingerprint density at radius 2 is 2.19 bits per heavy atom. The van der Waals surface area contributed by atoms with Crippen molar-refractivity contribution in [1.29, 1.82) is 0 Å². The quantitative estimate of drug-likeness (QED) is 0.740. The molecule has 1 fully saturated rings. The SMILES string of the molecule is Cc1c(Cl)cnc(N2CC(Cl)CC2=O)c1Cl. The second-order valence-corrected chi connectivity index (χ2v) is 5.08. The second-order valence-electron chi connectivity index (χ2n) is 3.67. The van der Waals surface area contributed by atoms with Crippen molar-refractivity contribution in [3.63, 3.8) is 0 Å². The van der Waals surface area contributed by atoms with Gasteiger partial charge in [-0.15, -0.1) is 11.6 Å². The molecule has 1 saturated heterocycles. The van der Waals surface area contributed by atoms with Gasteiger partial charge in [-0.3, -0.25) is 9.69 Å². The minimum atomic E-state index is -0.179. The molecule has 0 aromatic carbocycles. The summed E-state index contributed by atoms with van der Waals surface area (Å²) in [5, 5.41) is 0.718. The van der Waals surface area contributed by atoms with E-state index in [-0.39, 0.29) is 11.3 Å². The van der Waals surface area contributed by atoms with Crippen LogP contribution in [0.1, 0.15) is 12.0 Å². The van der Waals surface area contributed by atoms with Gasteiger partial charge in [0.2, 0.25) is 5.91 Å². The molecule has 86 valence electrons. The third-order valence-corrected chi connectivity index (χ3v) is 3.64. The molecular formula is C10H9Cl3N2O. The first-order chi connectivity index (χ1) is 7.50. The molecule has 1 amide bonds. The summed E-state index contributed by atoms with van der Waals surface area (Å²) >= 11 is 17.9. The van der Waals surface area contributed by atoms with Crippen molar-refractivity contribution in [3.8, 4) is 0 Å². The number of rotatable bonds is 1. The Labute approximate surface area is 108 Å². The van der Waals surface area contributed by atoms with Crippen LogP contribution < -0.4 is 4.90 Å². The monoisotopic (exact) mass is 278 g/mol. The summed E-state index contributed by atoms with van der Waals surface area (Å²) in [5.41, 5.74) is 0.721. The molecule has 0 bridgehead atoms. The number of carbonyl (C=O) groups excluding carboxylic acids is 1. The van der Waals surface area contributed by atoms with Crippen LogP contribution in [0.2, 0.25) is 10.0 Å². The van der Waals surface area contributed by atoms with Crippen LogP contribution in [-0.2, 0) is 4.79 Å². The van der Waals surface area contributed by atoms with Crippen LogP contribution >= 0.6 is 34.8 Å². The zero-order chi connectivity index (χ0) is 11.9. The maximum Gasteiger partial charge on any atom is 0.229 e. The molecule has 1 aliphatic rings. The number of amides is 1. The summed E-state index contributed by atoms with van der Waals surface area (Å²) in [5.74, 6) is 0.382. The molecule has 0 saturated carbocycles. The normalized spacial score (nSPS) is 20.6. The van der Waals surface area contributed by atoms with Gasteiger partial charge < -0.3 is 0 Å². The van der Waals surface area contributed by atoms with E-state index in [1.165, 1.54) is 11.1 Å². The van der Waals surface area contributed by atoms with E-state index >= 15 is 0 Å². The number of aromatic nitrogens is 1. The Morgan fingerprint density at radius 3 is 2.75 bits per heavy atom. The Bertz CT molecular complexity index is 450. The minimum absolute atomic E-state index is 0.0591. The number of nitrogens with zero attached hydrogens (tertiary/aromatic N) is 2. The van der Waals surface area contributed by atoms with Gasteiger partial charge >= 0.3 is 0 Å². The number of alkyl halides is 1. The van der Waals surface area contributed by atoms with Crippen LogP contribution in [0.4, 0.5) is 5.82 Å². The average molecular weight is 280 g/mol. The third-order valence-electron chi connectivity index (χ3n) is 2.52. The summed E-state index contributed by atoms with van der Waals surface area (Å²) < 4.78 is 0. The lowest BCUT2D eigenvalue weighted by atomic mass is 10.3. The summed E-state index contributed by atoms with van der Waals surface area (Å²) in [6.07, 6.45) is 1.81. The zero-order valence-electron chi connectivity index (χ0n) is 8.51. The maximum absolute atomic E-state index is 11.6. The number of carbonyl (C=O) groups is 1. The lowest BCUT2D eigenvalue weighted by molar-refractivity contribution is -0.117. The van der Waals surface area contributed by atoms with Gasteiger partial charge in [-0.1, -0.05) is 23.2 Å². The van der Waals surface area contributed by atoms with Crippen LogP contribution in [0.3, 0.4) is 0 Å². The van der Waals surface area contributed by atoms with Crippen molar-refractivity contribution < 1.29 is 4.79 Å². The highest BCUT2D eigenvalue weighted by atomic mass is 35.5. The van der Waals surface area contributed by atoms with E-state index in [1.54, 1.807) is 6.92 Å². The van der Waals surface area contributed by atoms with Crippen LogP contribution in [0, 0.1) is 6.92 Å². The molecule has 1 aromatic rings. The van der Waals surface area contributed by atoms with Gasteiger partial charge in [0.25, 0.3) is 0 Å². The van der Waals surface area contributed by atoms with E-state index in [9.17, 15) is 4.79 Å². The largest absolute Gasteiger partial charge is 0.294 e. The van der Waals surface area contributed by atoms with Crippen LogP contribution in [-0.4, -0.2) is 22.8 Å². The molecule has 0 radical (unpaired) electrons. The third kappa shape index (κ3) is 1.99. The smallest absolute Gasteiger partial charge is 0.229 e. The van der Waals surface area contributed by atoms with Crippen molar-refractivity contribution in [2.24, 2.45) is 0 Å². The molecule has 1 atom stereocenters. The zero-order valence-corrected chi connectivity index (χ0v) is 10.8. The van der Waals surface area contributed by atoms with Gasteiger partial charge in [-0.05, 0) is 12.5 Å². The number of hydrogen-bond acceptors (Lipinski definition) is 2. The van der Waals surface area contributed by atoms with E-state index < -0.39 is 0 Å². The molecular weight excluding hydrogens is 270 g/mol. The van der Waals surface area contributed by atoms with Crippen molar-refractivity contribution in [1.82, 2.24) is 4.98 Å². The molecule has 1 unspecified atom stereocenters. The topological polar surface area (TPSA) is 33.2 Å². The lowest BCUT2D eigenvalue weighted by Gasteiger charge is -2.17. The van der Waals surface area contributed by atoms with E-state index in [0.29, 0.717) is 28.8 Å². The molecule has 3 nitrogen and oxygen atoms in total. The fourth-order valence-electron chi connectivity index (χ4n) is 1.60. The Kier molecular flexibility index (Phi) is 3.29. The Morgan fingerprint density at radius 1 is 1.50 bits per heavy atom. The molecule has 2 heterocycles. The number of hydrogen-bond donors (Lipinski definition) is 0.